The number of alkyl halides is 6. The molecule has 6 N–H and O–H groups in total. The number of Topliss-reactive ketones (excluding diaryl/α,β-unsaturated/α-hetero) is 2. The molecule has 482 valence electrons. The minimum atomic E-state index is -2.95. The second kappa shape index (κ2) is 32.7. The molecule has 9 aromatic rings. The average Bonchev–Trinajstić information content (AvgIpc) is 2.10. The normalized spacial score (nSPS) is 11.2. The Morgan fingerprint density at radius 3 is 1.05 bits per heavy atom. The molecule has 17 nitrogen and oxygen atoms in total. The van der Waals surface area contributed by atoms with Crippen molar-refractivity contribution in [1.29, 1.82) is 0 Å². The Balaban J connectivity index is 0.000000203. The van der Waals surface area contributed by atoms with Gasteiger partial charge in [-0.2, -0.15) is 0 Å². The van der Waals surface area contributed by atoms with E-state index in [2.05, 4.69) is 69.9 Å². The van der Waals surface area contributed by atoms with Crippen LogP contribution in [0.4, 0.5) is 32.0 Å². The molecule has 0 aliphatic carbocycles. The molecule has 3 amide bonds. The summed E-state index contributed by atoms with van der Waals surface area (Å²) in [5.74, 6) is -3.47. The molecule has 0 bridgehead atoms. The fraction of sp³-hybridized carbons (Fsp3) is 0.338. The summed E-state index contributed by atoms with van der Waals surface area (Å²) in [5, 5.41) is 20.0. The quantitative estimate of drug-likeness (QED) is 0.0243. The molecule has 9 rings (SSSR count). The highest BCUT2D eigenvalue weighted by molar-refractivity contribution is 6.00. The van der Waals surface area contributed by atoms with Crippen LogP contribution in [0.25, 0.3) is 32.7 Å². The number of carboxylic acids is 1. The molecule has 0 unspecified atom stereocenters. The van der Waals surface area contributed by atoms with Gasteiger partial charge in [-0.15, -0.1) is 0 Å². The van der Waals surface area contributed by atoms with Crippen LogP contribution in [0.5, 0.6) is 0 Å². The molecule has 91 heavy (non-hydrogen) atoms. The van der Waals surface area contributed by atoms with Gasteiger partial charge in [0.25, 0.3) is 19.3 Å². The molecule has 6 aromatic heterocycles. The number of hydrogen-bond donors (Lipinski definition) is 5. The van der Waals surface area contributed by atoms with Crippen LogP contribution in [0.15, 0.2) is 128 Å². The number of ketones is 2. The van der Waals surface area contributed by atoms with E-state index in [1.54, 1.807) is 41.5 Å². The predicted molar refractivity (Wildman–Crippen MR) is 338 cm³/mol. The third kappa shape index (κ3) is 19.2. The minimum Gasteiger partial charge on any atom is -0.478 e. The van der Waals surface area contributed by atoms with Crippen molar-refractivity contribution in [3.63, 3.8) is 0 Å². The number of fused-ring (bicyclic) bond motifs is 3. The summed E-state index contributed by atoms with van der Waals surface area (Å²) < 4.78 is 85.2. The molecular formula is C68H76F6N10O7. The molecule has 6 heterocycles. The van der Waals surface area contributed by atoms with Crippen molar-refractivity contribution in [1.82, 2.24) is 44.6 Å². The molecular weight excluding hydrogens is 1180 g/mol. The molecule has 23 heteroatoms. The number of pyridine rings is 3. The summed E-state index contributed by atoms with van der Waals surface area (Å²) in [5.41, 5.74) is 10.2. The molecule has 0 saturated heterocycles. The van der Waals surface area contributed by atoms with Crippen LogP contribution in [0.1, 0.15) is 158 Å². The zero-order valence-electron chi connectivity index (χ0n) is 52.2. The van der Waals surface area contributed by atoms with E-state index in [-0.39, 0.29) is 79.1 Å². The van der Waals surface area contributed by atoms with Crippen LogP contribution >= 0.6 is 0 Å². The van der Waals surface area contributed by atoms with Gasteiger partial charge in [-0.3, -0.25) is 38.9 Å². The predicted octanol–water partition coefficient (Wildman–Crippen LogP) is 13.6. The summed E-state index contributed by atoms with van der Waals surface area (Å²) >= 11 is 0. The Morgan fingerprint density at radius 2 is 0.747 bits per heavy atom. The van der Waals surface area contributed by atoms with Gasteiger partial charge in [0, 0.05) is 146 Å². The first kappa shape index (κ1) is 70.4. The van der Waals surface area contributed by atoms with Gasteiger partial charge in [0.05, 0.1) is 5.56 Å². The molecule has 0 saturated carbocycles. The third-order valence-electron chi connectivity index (χ3n) is 14.6. The summed E-state index contributed by atoms with van der Waals surface area (Å²) in [4.78, 5) is 82.5. The lowest BCUT2D eigenvalue weighted by Gasteiger charge is -2.12. The lowest BCUT2D eigenvalue weighted by Crippen LogP contribution is -2.27. The SMILES string of the molecule is CC(C)C(=O)NCc1cnc(C(F)F)c(C(=O)O)c1.CCn1ccc2cc(CC(=O)c3cc(CNC(=O)C(C)C)cnc3C(F)F)ccc21.CCn1ccc2cc(CC(=O)c3cc(CNC(=O)C(C)C)cnc3C(F)F)ccc21.CCn1ccc2cc(N)ccc21. The van der Waals surface area contributed by atoms with Crippen LogP contribution < -0.4 is 21.7 Å². The van der Waals surface area contributed by atoms with Crippen molar-refractivity contribution >= 4 is 73.7 Å². The Bertz CT molecular complexity index is 3850. The van der Waals surface area contributed by atoms with Crippen LogP contribution in [0, 0.1) is 17.8 Å². The van der Waals surface area contributed by atoms with Crippen molar-refractivity contribution < 1.29 is 60.2 Å². The molecule has 0 aliphatic rings. The van der Waals surface area contributed by atoms with E-state index in [1.165, 1.54) is 35.4 Å². The van der Waals surface area contributed by atoms with Crippen LogP contribution in [-0.2, 0) is 66.5 Å². The number of nitrogen functional groups attached to an aromatic ring is 1. The lowest BCUT2D eigenvalue weighted by molar-refractivity contribution is -0.124. The number of carbonyl (C=O) groups is 6. The Labute approximate surface area is 523 Å². The highest BCUT2D eigenvalue weighted by Gasteiger charge is 2.24. The van der Waals surface area contributed by atoms with E-state index >= 15 is 0 Å². The number of nitrogens with zero attached hydrogens (tertiary/aromatic N) is 6. The van der Waals surface area contributed by atoms with Gasteiger partial charge in [-0.05, 0) is 138 Å². The Kier molecular flexibility index (Phi) is 25.3. The minimum absolute atomic E-state index is 0.00352. The van der Waals surface area contributed by atoms with E-state index in [1.807, 2.05) is 86.9 Å². The summed E-state index contributed by atoms with van der Waals surface area (Å²) in [7, 11) is 0. The van der Waals surface area contributed by atoms with E-state index < -0.39 is 59.5 Å². The summed E-state index contributed by atoms with van der Waals surface area (Å²) in [6, 6.07) is 27.3. The van der Waals surface area contributed by atoms with E-state index in [0.29, 0.717) is 16.7 Å². The number of aromatic nitrogens is 6. The maximum atomic E-state index is 13.4. The highest BCUT2D eigenvalue weighted by Crippen LogP contribution is 2.28. The van der Waals surface area contributed by atoms with Crippen molar-refractivity contribution in [2.24, 2.45) is 17.8 Å². The highest BCUT2D eigenvalue weighted by atomic mass is 19.3. The standard InChI is InChI=1S/2C23H25F2N3O2.C12H14F2N2O3.C10H12N2/c2*1-4-28-8-7-17-9-15(5-6-19(17)28)11-20(29)18-10-16(12-26-21(18)22(24)25)13-27-23(30)14(2)3;1-6(2)11(17)16-5-7-3-8(12(18)19)9(10(13)14)15-4-7;1-2-12-6-5-8-7-9(11)3-4-10(8)12/h2*5-10,12,14,22H,4,11,13H2,1-3H3,(H,27,30);3-4,6,10H,5H2,1-2H3,(H,16,17)(H,18,19);3-7H,2,11H2,1H3. The average molecular weight is 1260 g/mol. The topological polar surface area (TPSA) is 238 Å². The van der Waals surface area contributed by atoms with E-state index in [0.717, 1.165) is 70.5 Å². The number of halogens is 6. The number of aromatic carboxylic acids is 1. The Hall–Kier alpha value is -9.67. The molecule has 0 radical (unpaired) electrons. The van der Waals surface area contributed by atoms with Gasteiger partial charge in [-0.1, -0.05) is 53.7 Å². The molecule has 0 aliphatic heterocycles. The van der Waals surface area contributed by atoms with Gasteiger partial charge < -0.3 is 40.5 Å². The summed E-state index contributed by atoms with van der Waals surface area (Å²) in [6.07, 6.45) is 1.05. The van der Waals surface area contributed by atoms with Crippen LogP contribution in [0.2, 0.25) is 0 Å². The van der Waals surface area contributed by atoms with Gasteiger partial charge in [0.1, 0.15) is 17.1 Å². The number of nitrogens with one attached hydrogen (secondary N) is 3. The molecule has 0 spiro atoms. The monoisotopic (exact) mass is 1260 g/mol. The molecule has 3 aromatic carbocycles. The van der Waals surface area contributed by atoms with Crippen molar-refractivity contribution in [3.8, 4) is 0 Å². The largest absolute Gasteiger partial charge is 0.478 e. The number of rotatable bonds is 22. The number of hydrogen-bond acceptors (Lipinski definition) is 10. The number of amides is 3. The maximum Gasteiger partial charge on any atom is 0.337 e. The third-order valence-corrected chi connectivity index (χ3v) is 14.6. The number of benzene rings is 3. The van der Waals surface area contributed by atoms with Crippen molar-refractivity contribution in [3.05, 3.63) is 190 Å². The fourth-order valence-electron chi connectivity index (χ4n) is 9.49. The number of nitrogens with two attached hydrogens (primary N) is 1. The maximum absolute atomic E-state index is 13.4. The van der Waals surface area contributed by atoms with Crippen LogP contribution in [0.3, 0.4) is 0 Å². The zero-order chi connectivity index (χ0) is 66.8. The smallest absolute Gasteiger partial charge is 0.337 e. The first-order chi connectivity index (χ1) is 43.2. The van der Waals surface area contributed by atoms with Crippen LogP contribution in [-0.4, -0.2) is 69.0 Å². The van der Waals surface area contributed by atoms with Gasteiger partial charge in [0.2, 0.25) is 17.7 Å². The second-order valence-corrected chi connectivity index (χ2v) is 22.3. The lowest BCUT2D eigenvalue weighted by atomic mass is 9.99. The van der Waals surface area contributed by atoms with E-state index in [9.17, 15) is 55.1 Å². The molecule has 0 fully saturated rings. The molecule has 0 atom stereocenters. The fourth-order valence-corrected chi connectivity index (χ4v) is 9.49. The number of aryl methyl sites for hydroxylation is 3. The number of carbonyl (C=O) groups excluding carboxylic acids is 5. The first-order valence-electron chi connectivity index (χ1n) is 29.7. The second-order valence-electron chi connectivity index (χ2n) is 22.3. The number of carboxylic acid groups (broad SMARTS) is 1. The van der Waals surface area contributed by atoms with Gasteiger partial charge >= 0.3 is 5.97 Å². The van der Waals surface area contributed by atoms with E-state index in [4.69, 9.17) is 10.8 Å². The van der Waals surface area contributed by atoms with Gasteiger partial charge in [-0.25, -0.2) is 31.1 Å². The first-order valence-corrected chi connectivity index (χ1v) is 29.7. The Morgan fingerprint density at radius 1 is 0.440 bits per heavy atom. The zero-order valence-corrected chi connectivity index (χ0v) is 52.2. The number of anilines is 1. The van der Waals surface area contributed by atoms with Gasteiger partial charge in [0.15, 0.2) is 11.6 Å². The van der Waals surface area contributed by atoms with Crippen molar-refractivity contribution in [2.45, 2.75) is 134 Å². The summed E-state index contributed by atoms with van der Waals surface area (Å²) in [6.45, 7) is 19.7. The van der Waals surface area contributed by atoms with Crippen molar-refractivity contribution in [2.75, 3.05) is 5.73 Å².